The summed E-state index contributed by atoms with van der Waals surface area (Å²) in [5, 5.41) is 8.27. The van der Waals surface area contributed by atoms with Gasteiger partial charge in [0, 0.05) is 13.1 Å². The van der Waals surface area contributed by atoms with Crippen molar-refractivity contribution in [2.45, 2.75) is 0 Å². The minimum Gasteiger partial charge on any atom is -0.480 e. The minimum absolute atomic E-state index is 0.205. The molecule has 0 radical (unpaired) electrons. The van der Waals surface area contributed by atoms with Crippen LogP contribution in [0.2, 0.25) is 0 Å². The molecule has 2 aliphatic rings. The Morgan fingerprint density at radius 2 is 2.00 bits per heavy atom. The van der Waals surface area contributed by atoms with E-state index in [0.717, 1.165) is 16.7 Å². The highest BCUT2D eigenvalue weighted by molar-refractivity contribution is 14.1. The van der Waals surface area contributed by atoms with Gasteiger partial charge in [-0.05, 0) is 74.1 Å². The standard InChI is InChI=1S/C18H16BrIN2O7S/c19-11-5-10(6-12(20)16(11)29-9-15(24)25)7-13-17(26)22(18(27)30-13)8-14(23)21-1-3-28-4-2-21/h5-7H,1-4,8-9H2,(H,24,25)/b13-7+. The second-order valence-corrected chi connectivity index (χ2v) is 9.27. The number of benzene rings is 1. The summed E-state index contributed by atoms with van der Waals surface area (Å²) in [6.45, 7) is 0.969. The van der Waals surface area contributed by atoms with Crippen molar-refractivity contribution in [3.8, 4) is 5.75 Å². The van der Waals surface area contributed by atoms with E-state index in [-0.39, 0.29) is 17.4 Å². The fourth-order valence-electron chi connectivity index (χ4n) is 2.77. The third-order valence-corrected chi connectivity index (χ3v) is 6.49. The molecular weight excluding hydrogens is 595 g/mol. The number of ether oxygens (including phenoxy) is 2. The van der Waals surface area contributed by atoms with Crippen molar-refractivity contribution < 1.29 is 33.8 Å². The molecule has 3 amide bonds. The first-order valence-corrected chi connectivity index (χ1v) is 11.4. The SMILES string of the molecule is O=C(O)COc1c(Br)cc(/C=C2/SC(=O)N(CC(=O)N3CCOCC3)C2=O)cc1I. The van der Waals surface area contributed by atoms with E-state index in [9.17, 15) is 19.2 Å². The number of hydrogen-bond donors (Lipinski definition) is 1. The van der Waals surface area contributed by atoms with Crippen molar-refractivity contribution in [2.75, 3.05) is 39.5 Å². The van der Waals surface area contributed by atoms with Crippen molar-refractivity contribution in [2.24, 2.45) is 0 Å². The maximum atomic E-state index is 12.7. The fraction of sp³-hybridized carbons (Fsp3) is 0.333. The zero-order valence-electron chi connectivity index (χ0n) is 15.4. The molecular formula is C18H16BrIN2O7S. The first-order valence-electron chi connectivity index (χ1n) is 8.71. The molecule has 2 aliphatic heterocycles. The van der Waals surface area contributed by atoms with Gasteiger partial charge in [0.15, 0.2) is 6.61 Å². The van der Waals surface area contributed by atoms with Gasteiger partial charge in [-0.3, -0.25) is 19.3 Å². The van der Waals surface area contributed by atoms with Crippen molar-refractivity contribution in [3.63, 3.8) is 0 Å². The van der Waals surface area contributed by atoms with Gasteiger partial charge in [0.25, 0.3) is 11.1 Å². The molecule has 160 valence electrons. The molecule has 30 heavy (non-hydrogen) atoms. The lowest BCUT2D eigenvalue weighted by Crippen LogP contribution is -2.46. The van der Waals surface area contributed by atoms with Crippen LogP contribution in [0.3, 0.4) is 0 Å². The number of rotatable bonds is 6. The Labute approximate surface area is 198 Å². The molecule has 1 aromatic rings. The van der Waals surface area contributed by atoms with Crippen LogP contribution in [-0.4, -0.2) is 77.4 Å². The largest absolute Gasteiger partial charge is 0.480 e. The zero-order valence-corrected chi connectivity index (χ0v) is 20.0. The highest BCUT2D eigenvalue weighted by Crippen LogP contribution is 2.36. The molecule has 2 heterocycles. The molecule has 0 aromatic heterocycles. The van der Waals surface area contributed by atoms with E-state index >= 15 is 0 Å². The monoisotopic (exact) mass is 610 g/mol. The number of halogens is 2. The molecule has 9 nitrogen and oxygen atoms in total. The normalized spacial score (nSPS) is 18.3. The number of thioether (sulfide) groups is 1. The summed E-state index contributed by atoms with van der Waals surface area (Å²) in [4.78, 5) is 50.8. The van der Waals surface area contributed by atoms with E-state index in [0.29, 0.717) is 45.7 Å². The summed E-state index contributed by atoms with van der Waals surface area (Å²) in [5.74, 6) is -1.54. The maximum absolute atomic E-state index is 12.7. The number of nitrogens with zero attached hydrogens (tertiary/aromatic N) is 2. The van der Waals surface area contributed by atoms with Crippen LogP contribution in [0.4, 0.5) is 4.79 Å². The molecule has 2 saturated heterocycles. The van der Waals surface area contributed by atoms with E-state index in [1.807, 2.05) is 22.6 Å². The number of hydrogen-bond acceptors (Lipinski definition) is 7. The number of carboxylic acids is 1. The lowest BCUT2D eigenvalue weighted by molar-refractivity contribution is -0.139. The topological polar surface area (TPSA) is 113 Å². The Morgan fingerprint density at radius 3 is 2.63 bits per heavy atom. The first-order chi connectivity index (χ1) is 14.3. The molecule has 1 N–H and O–H groups in total. The van der Waals surface area contributed by atoms with Gasteiger partial charge in [-0.25, -0.2) is 4.79 Å². The van der Waals surface area contributed by atoms with Crippen molar-refractivity contribution in [3.05, 3.63) is 30.6 Å². The number of morpholine rings is 1. The van der Waals surface area contributed by atoms with Crippen molar-refractivity contribution in [1.29, 1.82) is 0 Å². The van der Waals surface area contributed by atoms with Crippen LogP contribution >= 0.6 is 50.3 Å². The van der Waals surface area contributed by atoms with Crippen LogP contribution in [0.25, 0.3) is 6.08 Å². The van der Waals surface area contributed by atoms with Crippen molar-refractivity contribution in [1.82, 2.24) is 9.80 Å². The summed E-state index contributed by atoms with van der Waals surface area (Å²) in [5.41, 5.74) is 0.624. The lowest BCUT2D eigenvalue weighted by atomic mass is 10.2. The molecule has 2 fully saturated rings. The quantitative estimate of drug-likeness (QED) is 0.386. The van der Waals surface area contributed by atoms with E-state index in [1.54, 1.807) is 23.1 Å². The number of carbonyl (C=O) groups is 4. The third kappa shape index (κ3) is 5.53. The fourth-order valence-corrected chi connectivity index (χ4v) is 5.38. The third-order valence-electron chi connectivity index (χ3n) is 4.19. The van der Waals surface area contributed by atoms with E-state index < -0.39 is 23.7 Å². The Kier molecular flexibility index (Phi) is 7.76. The van der Waals surface area contributed by atoms with Crippen LogP contribution in [0.5, 0.6) is 5.75 Å². The van der Waals surface area contributed by atoms with Gasteiger partial charge in [-0.2, -0.15) is 0 Å². The average molecular weight is 611 g/mol. The summed E-state index contributed by atoms with van der Waals surface area (Å²) in [6, 6.07) is 3.36. The van der Waals surface area contributed by atoms with E-state index in [4.69, 9.17) is 14.6 Å². The van der Waals surface area contributed by atoms with Gasteiger partial charge in [-0.1, -0.05) is 0 Å². The molecule has 0 spiro atoms. The second-order valence-electron chi connectivity index (χ2n) is 6.26. The average Bonchev–Trinajstić information content (AvgIpc) is 2.95. The van der Waals surface area contributed by atoms with Gasteiger partial charge in [0.05, 0.1) is 26.2 Å². The summed E-state index contributed by atoms with van der Waals surface area (Å²) < 4.78 is 11.6. The van der Waals surface area contributed by atoms with Crippen LogP contribution in [0, 0.1) is 3.57 Å². The highest BCUT2D eigenvalue weighted by atomic mass is 127. The van der Waals surface area contributed by atoms with E-state index in [2.05, 4.69) is 15.9 Å². The van der Waals surface area contributed by atoms with Gasteiger partial charge < -0.3 is 19.5 Å². The van der Waals surface area contributed by atoms with Crippen LogP contribution < -0.4 is 4.74 Å². The van der Waals surface area contributed by atoms with Gasteiger partial charge in [0.2, 0.25) is 5.91 Å². The highest BCUT2D eigenvalue weighted by Gasteiger charge is 2.37. The van der Waals surface area contributed by atoms with Gasteiger partial charge in [0.1, 0.15) is 12.3 Å². The van der Waals surface area contributed by atoms with Gasteiger partial charge >= 0.3 is 5.97 Å². The first kappa shape index (κ1) is 23.0. The molecule has 0 atom stereocenters. The number of carboxylic acid groups (broad SMARTS) is 1. The Bertz CT molecular complexity index is 910. The smallest absolute Gasteiger partial charge is 0.341 e. The Balaban J connectivity index is 1.73. The molecule has 1 aromatic carbocycles. The number of carbonyl (C=O) groups excluding carboxylic acids is 3. The summed E-state index contributed by atoms with van der Waals surface area (Å²) in [6.07, 6.45) is 1.55. The van der Waals surface area contributed by atoms with Crippen LogP contribution in [-0.2, 0) is 19.1 Å². The summed E-state index contributed by atoms with van der Waals surface area (Å²) >= 11 is 6.10. The molecule has 0 bridgehead atoms. The second kappa shape index (κ2) is 10.1. The predicted molar refractivity (Wildman–Crippen MR) is 120 cm³/mol. The number of imide groups is 1. The molecule has 0 unspecified atom stereocenters. The Hall–Kier alpha value is -1.64. The van der Waals surface area contributed by atoms with Crippen molar-refractivity contribution >= 4 is 79.4 Å². The molecule has 0 saturated carbocycles. The lowest BCUT2D eigenvalue weighted by Gasteiger charge is -2.28. The van der Waals surface area contributed by atoms with Crippen LogP contribution in [0.1, 0.15) is 5.56 Å². The maximum Gasteiger partial charge on any atom is 0.341 e. The van der Waals surface area contributed by atoms with Gasteiger partial charge in [-0.15, -0.1) is 0 Å². The zero-order chi connectivity index (χ0) is 21.8. The number of aliphatic carboxylic acids is 1. The molecule has 12 heteroatoms. The summed E-state index contributed by atoms with van der Waals surface area (Å²) in [7, 11) is 0. The number of amides is 3. The Morgan fingerprint density at radius 1 is 1.30 bits per heavy atom. The molecule has 0 aliphatic carbocycles. The minimum atomic E-state index is -1.10. The predicted octanol–water partition coefficient (Wildman–Crippen LogP) is 2.41. The molecule has 3 rings (SSSR count). The van der Waals surface area contributed by atoms with Crippen LogP contribution in [0.15, 0.2) is 21.5 Å². The van der Waals surface area contributed by atoms with E-state index in [1.165, 1.54) is 0 Å².